The number of H-pyrrole nitrogens is 1. The van der Waals surface area contributed by atoms with Crippen LogP contribution < -0.4 is 4.90 Å². The third-order valence-electron chi connectivity index (χ3n) is 3.89. The summed E-state index contributed by atoms with van der Waals surface area (Å²) in [7, 11) is 0. The first-order chi connectivity index (χ1) is 10.8. The van der Waals surface area contributed by atoms with Gasteiger partial charge in [-0.05, 0) is 29.8 Å². The molecular weight excluding hydrogens is 280 g/mol. The van der Waals surface area contributed by atoms with E-state index in [1.807, 2.05) is 24.3 Å². The molecule has 0 saturated carbocycles. The normalized spacial score (nSPS) is 13.9. The highest BCUT2D eigenvalue weighted by Crippen LogP contribution is 2.33. The van der Waals surface area contributed by atoms with Crippen LogP contribution in [0.1, 0.15) is 5.56 Å². The minimum Gasteiger partial charge on any atom is -0.395 e. The fourth-order valence-electron chi connectivity index (χ4n) is 2.87. The van der Waals surface area contributed by atoms with Gasteiger partial charge in [0, 0.05) is 30.2 Å². The number of hydrogen-bond donors (Lipinski definition) is 2. The second-order valence-electron chi connectivity index (χ2n) is 5.27. The van der Waals surface area contributed by atoms with E-state index in [0.717, 1.165) is 33.7 Å². The van der Waals surface area contributed by atoms with Gasteiger partial charge in [-0.3, -0.25) is 9.78 Å². The van der Waals surface area contributed by atoms with Gasteiger partial charge >= 0.3 is 0 Å². The van der Waals surface area contributed by atoms with Crippen molar-refractivity contribution in [1.82, 2.24) is 15.0 Å². The number of aliphatic hydroxyl groups excluding tert-OH is 1. The SMILES string of the molecule is O=C1Cc2cc3[nH]c(-c4ccncc4)nc3cc2N1CCO. The number of aromatic nitrogens is 3. The highest BCUT2D eigenvalue weighted by atomic mass is 16.3. The Bertz CT molecular complexity index is 857. The highest BCUT2D eigenvalue weighted by Gasteiger charge is 2.27. The molecule has 0 spiro atoms. The molecule has 6 nitrogen and oxygen atoms in total. The Kier molecular flexibility index (Phi) is 2.90. The molecule has 6 heteroatoms. The number of nitrogens with zero attached hydrogens (tertiary/aromatic N) is 3. The standard InChI is InChI=1S/C16H14N4O2/c21-6-5-20-14-9-13-12(7-11(14)8-15(20)22)18-16(19-13)10-1-3-17-4-2-10/h1-4,7,9,21H,5-6,8H2,(H,18,19). The van der Waals surface area contributed by atoms with Gasteiger partial charge in [0.05, 0.1) is 24.1 Å². The van der Waals surface area contributed by atoms with E-state index in [9.17, 15) is 4.79 Å². The number of β-amino-alcohol motifs (C(OH)–C–C–N with tert-alkyl or cyclic N) is 1. The van der Waals surface area contributed by atoms with Gasteiger partial charge < -0.3 is 15.0 Å². The number of aliphatic hydroxyl groups is 1. The summed E-state index contributed by atoms with van der Waals surface area (Å²) in [6, 6.07) is 7.67. The summed E-state index contributed by atoms with van der Waals surface area (Å²) in [6.45, 7) is 0.269. The van der Waals surface area contributed by atoms with Crippen LogP contribution >= 0.6 is 0 Å². The fraction of sp³-hybridized carbons (Fsp3) is 0.188. The van der Waals surface area contributed by atoms with Crippen molar-refractivity contribution in [2.45, 2.75) is 6.42 Å². The number of rotatable bonds is 3. The van der Waals surface area contributed by atoms with Gasteiger partial charge in [0.15, 0.2) is 0 Å². The van der Waals surface area contributed by atoms with Crippen LogP contribution in [-0.4, -0.2) is 39.1 Å². The molecule has 3 aromatic rings. The van der Waals surface area contributed by atoms with Gasteiger partial charge in [0.25, 0.3) is 0 Å². The Balaban J connectivity index is 1.82. The molecule has 2 aromatic heterocycles. The van der Waals surface area contributed by atoms with Crippen molar-refractivity contribution < 1.29 is 9.90 Å². The molecule has 1 aliphatic rings. The third kappa shape index (κ3) is 1.96. The van der Waals surface area contributed by atoms with Gasteiger partial charge in [0.1, 0.15) is 5.82 Å². The molecule has 1 aromatic carbocycles. The Morgan fingerprint density at radius 1 is 1.27 bits per heavy atom. The summed E-state index contributed by atoms with van der Waals surface area (Å²) in [5.41, 5.74) is 4.50. The molecule has 4 rings (SSSR count). The Morgan fingerprint density at radius 2 is 2.09 bits per heavy atom. The van der Waals surface area contributed by atoms with Crippen LogP contribution in [0.3, 0.4) is 0 Å². The van der Waals surface area contributed by atoms with E-state index >= 15 is 0 Å². The van der Waals surface area contributed by atoms with Crippen molar-refractivity contribution in [3.8, 4) is 11.4 Å². The second kappa shape index (κ2) is 4.92. The van der Waals surface area contributed by atoms with Gasteiger partial charge in [-0.2, -0.15) is 0 Å². The van der Waals surface area contributed by atoms with Crippen LogP contribution in [0.15, 0.2) is 36.7 Å². The molecule has 0 unspecified atom stereocenters. The van der Waals surface area contributed by atoms with E-state index < -0.39 is 0 Å². The molecule has 0 atom stereocenters. The number of carbonyl (C=O) groups is 1. The van der Waals surface area contributed by atoms with Crippen LogP contribution in [0.4, 0.5) is 5.69 Å². The lowest BCUT2D eigenvalue weighted by Gasteiger charge is -2.15. The highest BCUT2D eigenvalue weighted by molar-refractivity contribution is 6.04. The van der Waals surface area contributed by atoms with Crippen LogP contribution in [0.25, 0.3) is 22.4 Å². The number of aromatic amines is 1. The zero-order valence-electron chi connectivity index (χ0n) is 11.8. The van der Waals surface area contributed by atoms with Crippen LogP contribution in [0.5, 0.6) is 0 Å². The summed E-state index contributed by atoms with van der Waals surface area (Å²) >= 11 is 0. The smallest absolute Gasteiger partial charge is 0.231 e. The van der Waals surface area contributed by atoms with Gasteiger partial charge in [0.2, 0.25) is 5.91 Å². The van der Waals surface area contributed by atoms with Crippen molar-refractivity contribution in [1.29, 1.82) is 0 Å². The number of fused-ring (bicyclic) bond motifs is 2. The molecule has 1 amide bonds. The number of imidazole rings is 1. The van der Waals surface area contributed by atoms with E-state index in [1.54, 1.807) is 17.3 Å². The zero-order chi connectivity index (χ0) is 15.1. The maximum Gasteiger partial charge on any atom is 0.231 e. The first-order valence-electron chi connectivity index (χ1n) is 7.10. The third-order valence-corrected chi connectivity index (χ3v) is 3.89. The number of nitrogens with one attached hydrogen (secondary N) is 1. The predicted molar refractivity (Wildman–Crippen MR) is 82.5 cm³/mol. The molecule has 3 heterocycles. The van der Waals surface area contributed by atoms with Crippen molar-refractivity contribution in [2.75, 3.05) is 18.1 Å². The number of benzene rings is 1. The lowest BCUT2D eigenvalue weighted by molar-refractivity contribution is -0.117. The van der Waals surface area contributed by atoms with Gasteiger partial charge in [-0.1, -0.05) is 0 Å². The van der Waals surface area contributed by atoms with Gasteiger partial charge in [-0.25, -0.2) is 4.98 Å². The molecule has 0 fully saturated rings. The van der Waals surface area contributed by atoms with Gasteiger partial charge in [-0.15, -0.1) is 0 Å². The number of amides is 1. The average molecular weight is 294 g/mol. The van der Waals surface area contributed by atoms with E-state index in [2.05, 4.69) is 15.0 Å². The summed E-state index contributed by atoms with van der Waals surface area (Å²) in [5, 5.41) is 9.11. The summed E-state index contributed by atoms with van der Waals surface area (Å²) in [6.07, 6.45) is 3.82. The summed E-state index contributed by atoms with van der Waals surface area (Å²) in [5.74, 6) is 0.798. The first kappa shape index (κ1) is 13.0. The van der Waals surface area contributed by atoms with Crippen LogP contribution in [0.2, 0.25) is 0 Å². The number of anilines is 1. The molecule has 1 aliphatic heterocycles. The minimum atomic E-state index is -0.0496. The zero-order valence-corrected chi connectivity index (χ0v) is 11.8. The van der Waals surface area contributed by atoms with Crippen molar-refractivity contribution >= 4 is 22.6 Å². The maximum absolute atomic E-state index is 12.0. The Morgan fingerprint density at radius 3 is 2.86 bits per heavy atom. The molecule has 2 N–H and O–H groups in total. The number of hydrogen-bond acceptors (Lipinski definition) is 4. The first-order valence-corrected chi connectivity index (χ1v) is 7.10. The largest absolute Gasteiger partial charge is 0.395 e. The van der Waals surface area contributed by atoms with Crippen LogP contribution in [0, 0.1) is 0 Å². The van der Waals surface area contributed by atoms with Crippen molar-refractivity contribution in [3.05, 3.63) is 42.2 Å². The topological polar surface area (TPSA) is 82.1 Å². The van der Waals surface area contributed by atoms with E-state index in [0.29, 0.717) is 13.0 Å². The molecule has 110 valence electrons. The van der Waals surface area contributed by atoms with E-state index in [4.69, 9.17) is 5.11 Å². The lowest BCUT2D eigenvalue weighted by Crippen LogP contribution is -2.29. The van der Waals surface area contributed by atoms with Crippen LogP contribution in [-0.2, 0) is 11.2 Å². The number of carbonyl (C=O) groups excluding carboxylic acids is 1. The molecular formula is C16H14N4O2. The molecule has 0 saturated heterocycles. The van der Waals surface area contributed by atoms with E-state index in [1.165, 1.54) is 0 Å². The second-order valence-corrected chi connectivity index (χ2v) is 5.27. The molecule has 0 bridgehead atoms. The average Bonchev–Trinajstić information content (AvgIpc) is 3.07. The lowest BCUT2D eigenvalue weighted by atomic mass is 10.1. The fourth-order valence-corrected chi connectivity index (χ4v) is 2.87. The van der Waals surface area contributed by atoms with E-state index in [-0.39, 0.29) is 12.5 Å². The minimum absolute atomic E-state index is 0.0195. The molecule has 0 radical (unpaired) electrons. The summed E-state index contributed by atoms with van der Waals surface area (Å²) in [4.78, 5) is 25.5. The van der Waals surface area contributed by atoms with Crippen molar-refractivity contribution in [2.24, 2.45) is 0 Å². The Labute approximate surface area is 126 Å². The predicted octanol–water partition coefficient (Wildman–Crippen LogP) is 1.51. The quantitative estimate of drug-likeness (QED) is 0.767. The Hall–Kier alpha value is -2.73. The maximum atomic E-state index is 12.0. The van der Waals surface area contributed by atoms with Crippen molar-refractivity contribution in [3.63, 3.8) is 0 Å². The molecule has 0 aliphatic carbocycles. The molecule has 22 heavy (non-hydrogen) atoms. The monoisotopic (exact) mass is 294 g/mol. The number of pyridine rings is 1. The summed E-state index contributed by atoms with van der Waals surface area (Å²) < 4.78 is 0.